The molecule has 0 aliphatic rings. The van der Waals surface area contributed by atoms with Gasteiger partial charge in [-0.3, -0.25) is 4.79 Å². The summed E-state index contributed by atoms with van der Waals surface area (Å²) < 4.78 is 0. The second-order valence-corrected chi connectivity index (χ2v) is 5.59. The molecule has 1 aromatic heterocycles. The number of hydrogen-bond acceptors (Lipinski definition) is 4. The highest BCUT2D eigenvalue weighted by Crippen LogP contribution is 2.19. The SMILES string of the molecule is CCc1ccccc1Nc1cnc(C(=O)NCc2ccccc2)cn1. The number of para-hydroxylation sites is 1. The van der Waals surface area contributed by atoms with E-state index in [-0.39, 0.29) is 5.91 Å². The first kappa shape index (κ1) is 16.6. The number of anilines is 2. The Bertz CT molecular complexity index is 832. The van der Waals surface area contributed by atoms with Crippen molar-refractivity contribution in [1.82, 2.24) is 15.3 Å². The zero-order valence-corrected chi connectivity index (χ0v) is 14.1. The molecule has 0 spiro atoms. The maximum Gasteiger partial charge on any atom is 0.271 e. The van der Waals surface area contributed by atoms with Crippen LogP contribution in [0.15, 0.2) is 67.0 Å². The molecule has 1 heterocycles. The van der Waals surface area contributed by atoms with Gasteiger partial charge in [-0.2, -0.15) is 0 Å². The first-order chi connectivity index (χ1) is 12.3. The molecule has 0 aliphatic carbocycles. The average molecular weight is 332 g/mol. The molecule has 5 nitrogen and oxygen atoms in total. The fraction of sp³-hybridized carbons (Fsp3) is 0.150. The van der Waals surface area contributed by atoms with Crippen molar-refractivity contribution in [2.24, 2.45) is 0 Å². The van der Waals surface area contributed by atoms with Crippen molar-refractivity contribution in [2.75, 3.05) is 5.32 Å². The molecular formula is C20H20N4O. The molecule has 1 amide bonds. The number of hydrogen-bond donors (Lipinski definition) is 2. The van der Waals surface area contributed by atoms with Crippen molar-refractivity contribution in [3.05, 3.63) is 83.8 Å². The minimum absolute atomic E-state index is 0.239. The van der Waals surface area contributed by atoms with Crippen molar-refractivity contribution in [2.45, 2.75) is 19.9 Å². The Balaban J connectivity index is 1.62. The first-order valence-electron chi connectivity index (χ1n) is 8.25. The second kappa shape index (κ2) is 8.06. The Morgan fingerprint density at radius 1 is 0.960 bits per heavy atom. The number of aromatic nitrogens is 2. The molecule has 0 aliphatic heterocycles. The van der Waals surface area contributed by atoms with Gasteiger partial charge < -0.3 is 10.6 Å². The van der Waals surface area contributed by atoms with Crippen LogP contribution < -0.4 is 10.6 Å². The minimum Gasteiger partial charge on any atom is -0.347 e. The van der Waals surface area contributed by atoms with Gasteiger partial charge in [-0.25, -0.2) is 9.97 Å². The summed E-state index contributed by atoms with van der Waals surface area (Å²) >= 11 is 0. The van der Waals surface area contributed by atoms with Gasteiger partial charge in [0.15, 0.2) is 0 Å². The largest absolute Gasteiger partial charge is 0.347 e. The quantitative estimate of drug-likeness (QED) is 0.722. The number of aryl methyl sites for hydroxylation is 1. The fourth-order valence-electron chi connectivity index (χ4n) is 2.47. The lowest BCUT2D eigenvalue weighted by Gasteiger charge is -2.10. The van der Waals surface area contributed by atoms with E-state index in [1.165, 1.54) is 11.8 Å². The number of nitrogens with zero attached hydrogens (tertiary/aromatic N) is 2. The van der Waals surface area contributed by atoms with Crippen LogP contribution in [0.1, 0.15) is 28.5 Å². The Kier molecular flexibility index (Phi) is 5.36. The number of carbonyl (C=O) groups is 1. The summed E-state index contributed by atoms with van der Waals surface area (Å²) in [6, 6.07) is 17.8. The summed E-state index contributed by atoms with van der Waals surface area (Å²) in [5, 5.41) is 6.08. The lowest BCUT2D eigenvalue weighted by molar-refractivity contribution is 0.0945. The van der Waals surface area contributed by atoms with E-state index in [0.29, 0.717) is 18.1 Å². The van der Waals surface area contributed by atoms with Gasteiger partial charge in [-0.15, -0.1) is 0 Å². The lowest BCUT2D eigenvalue weighted by atomic mass is 10.1. The van der Waals surface area contributed by atoms with Crippen LogP contribution in [0.2, 0.25) is 0 Å². The van der Waals surface area contributed by atoms with E-state index in [9.17, 15) is 4.79 Å². The summed E-state index contributed by atoms with van der Waals surface area (Å²) in [6.45, 7) is 2.57. The highest BCUT2D eigenvalue weighted by molar-refractivity contribution is 5.92. The van der Waals surface area contributed by atoms with E-state index < -0.39 is 0 Å². The van der Waals surface area contributed by atoms with Crippen molar-refractivity contribution in [3.63, 3.8) is 0 Å². The third-order valence-corrected chi connectivity index (χ3v) is 3.84. The Morgan fingerprint density at radius 2 is 1.72 bits per heavy atom. The molecule has 0 saturated carbocycles. The van der Waals surface area contributed by atoms with E-state index in [2.05, 4.69) is 33.6 Å². The van der Waals surface area contributed by atoms with Crippen LogP contribution in [-0.2, 0) is 13.0 Å². The molecule has 3 rings (SSSR count). The highest BCUT2D eigenvalue weighted by Gasteiger charge is 2.08. The lowest BCUT2D eigenvalue weighted by Crippen LogP contribution is -2.24. The van der Waals surface area contributed by atoms with E-state index in [1.807, 2.05) is 48.5 Å². The summed E-state index contributed by atoms with van der Waals surface area (Å²) in [5.74, 6) is 0.373. The number of rotatable bonds is 6. The number of benzene rings is 2. The van der Waals surface area contributed by atoms with Gasteiger partial charge in [0.05, 0.1) is 12.4 Å². The highest BCUT2D eigenvalue weighted by atomic mass is 16.1. The van der Waals surface area contributed by atoms with Gasteiger partial charge in [-0.05, 0) is 23.6 Å². The van der Waals surface area contributed by atoms with Crippen LogP contribution in [-0.4, -0.2) is 15.9 Å². The van der Waals surface area contributed by atoms with Gasteiger partial charge >= 0.3 is 0 Å². The molecule has 5 heteroatoms. The van der Waals surface area contributed by atoms with Crippen LogP contribution in [0.4, 0.5) is 11.5 Å². The molecule has 2 aromatic carbocycles. The van der Waals surface area contributed by atoms with Gasteiger partial charge in [0.2, 0.25) is 0 Å². The van der Waals surface area contributed by atoms with Crippen molar-refractivity contribution in [3.8, 4) is 0 Å². The second-order valence-electron chi connectivity index (χ2n) is 5.59. The Labute approximate surface area is 147 Å². The van der Waals surface area contributed by atoms with Crippen molar-refractivity contribution >= 4 is 17.4 Å². The van der Waals surface area contributed by atoms with Crippen LogP contribution in [0.3, 0.4) is 0 Å². The Morgan fingerprint density at radius 3 is 2.44 bits per heavy atom. The molecule has 0 unspecified atom stereocenters. The molecule has 3 aromatic rings. The molecular weight excluding hydrogens is 312 g/mol. The smallest absolute Gasteiger partial charge is 0.271 e. The molecule has 0 bridgehead atoms. The summed E-state index contributed by atoms with van der Waals surface area (Å²) in [7, 11) is 0. The van der Waals surface area contributed by atoms with Crippen molar-refractivity contribution < 1.29 is 4.79 Å². The molecule has 0 atom stereocenters. The third-order valence-electron chi connectivity index (χ3n) is 3.84. The molecule has 25 heavy (non-hydrogen) atoms. The molecule has 0 radical (unpaired) electrons. The van der Waals surface area contributed by atoms with Crippen LogP contribution in [0.5, 0.6) is 0 Å². The zero-order chi connectivity index (χ0) is 17.5. The molecule has 0 fully saturated rings. The standard InChI is InChI=1S/C20H20N4O/c1-2-16-10-6-7-11-17(16)24-19-14-21-18(13-22-19)20(25)23-12-15-8-4-3-5-9-15/h3-11,13-14H,2,12H2,1H3,(H,22,24)(H,23,25). The third kappa shape index (κ3) is 4.41. The topological polar surface area (TPSA) is 66.9 Å². The number of amides is 1. The van der Waals surface area contributed by atoms with E-state index in [0.717, 1.165) is 17.7 Å². The van der Waals surface area contributed by atoms with Crippen LogP contribution in [0.25, 0.3) is 0 Å². The predicted octanol–water partition coefficient (Wildman–Crippen LogP) is 3.71. The minimum atomic E-state index is -0.239. The van der Waals surface area contributed by atoms with Crippen LogP contribution in [0, 0.1) is 0 Å². The van der Waals surface area contributed by atoms with Crippen LogP contribution >= 0.6 is 0 Å². The van der Waals surface area contributed by atoms with Gasteiger partial charge in [0.25, 0.3) is 5.91 Å². The molecule has 126 valence electrons. The maximum atomic E-state index is 12.2. The normalized spacial score (nSPS) is 10.3. The predicted molar refractivity (Wildman–Crippen MR) is 98.7 cm³/mol. The van der Waals surface area contributed by atoms with E-state index in [1.54, 1.807) is 6.20 Å². The number of carbonyl (C=O) groups excluding carboxylic acids is 1. The fourth-order valence-corrected chi connectivity index (χ4v) is 2.47. The maximum absolute atomic E-state index is 12.2. The number of nitrogens with one attached hydrogen (secondary N) is 2. The van der Waals surface area contributed by atoms with E-state index >= 15 is 0 Å². The van der Waals surface area contributed by atoms with Crippen molar-refractivity contribution in [1.29, 1.82) is 0 Å². The zero-order valence-electron chi connectivity index (χ0n) is 14.1. The molecule has 0 saturated heterocycles. The Hall–Kier alpha value is -3.21. The van der Waals surface area contributed by atoms with Gasteiger partial charge in [0, 0.05) is 12.2 Å². The molecule has 2 N–H and O–H groups in total. The first-order valence-corrected chi connectivity index (χ1v) is 8.25. The van der Waals surface area contributed by atoms with Gasteiger partial charge in [-0.1, -0.05) is 55.5 Å². The summed E-state index contributed by atoms with van der Waals surface area (Å²) in [4.78, 5) is 20.7. The van der Waals surface area contributed by atoms with Gasteiger partial charge in [0.1, 0.15) is 11.5 Å². The average Bonchev–Trinajstić information content (AvgIpc) is 2.68. The summed E-state index contributed by atoms with van der Waals surface area (Å²) in [6.07, 6.45) is 3.98. The van der Waals surface area contributed by atoms with E-state index in [4.69, 9.17) is 0 Å². The summed E-state index contributed by atoms with van der Waals surface area (Å²) in [5.41, 5.74) is 3.54. The monoisotopic (exact) mass is 332 g/mol.